The standard InChI is InChI=1S/C13H6F6N4O/c14-12(15,16)11-22-21-10-5-20-9(6-23(10)11)7-1-3-8(4-2-7)24-13(17,18)19/h1-6H. The van der Waals surface area contributed by atoms with E-state index in [0.717, 1.165) is 24.5 Å². The predicted octanol–water partition coefficient (Wildman–Crippen LogP) is 3.71. The quantitative estimate of drug-likeness (QED) is 0.663. The maximum Gasteiger partial charge on any atom is 0.573 e. The fraction of sp³-hybridized carbons (Fsp3) is 0.154. The fourth-order valence-electron chi connectivity index (χ4n) is 1.97. The average Bonchev–Trinajstić information content (AvgIpc) is 2.89. The molecule has 126 valence electrons. The molecule has 24 heavy (non-hydrogen) atoms. The van der Waals surface area contributed by atoms with Crippen LogP contribution in [0.1, 0.15) is 5.82 Å². The van der Waals surface area contributed by atoms with Crippen LogP contribution in [-0.4, -0.2) is 25.9 Å². The molecule has 11 heteroatoms. The van der Waals surface area contributed by atoms with Gasteiger partial charge in [0.25, 0.3) is 0 Å². The highest BCUT2D eigenvalue weighted by atomic mass is 19.4. The Balaban J connectivity index is 1.97. The molecule has 0 radical (unpaired) electrons. The summed E-state index contributed by atoms with van der Waals surface area (Å²) in [5, 5.41) is 6.42. The molecule has 0 aliphatic heterocycles. The number of halogens is 6. The van der Waals surface area contributed by atoms with Gasteiger partial charge in [-0.25, -0.2) is 0 Å². The summed E-state index contributed by atoms with van der Waals surface area (Å²) in [5.74, 6) is -1.68. The first-order chi connectivity index (χ1) is 11.1. The zero-order chi connectivity index (χ0) is 17.5. The largest absolute Gasteiger partial charge is 0.573 e. The zero-order valence-corrected chi connectivity index (χ0v) is 11.4. The number of hydrogen-bond donors (Lipinski definition) is 0. The third-order valence-electron chi connectivity index (χ3n) is 2.93. The maximum absolute atomic E-state index is 12.8. The molecule has 0 unspecified atom stereocenters. The van der Waals surface area contributed by atoms with Crippen LogP contribution < -0.4 is 4.74 Å². The smallest absolute Gasteiger partial charge is 0.406 e. The minimum Gasteiger partial charge on any atom is -0.406 e. The van der Waals surface area contributed by atoms with Gasteiger partial charge in [0.15, 0.2) is 5.65 Å². The Labute approximate surface area is 129 Å². The van der Waals surface area contributed by atoms with Crippen molar-refractivity contribution in [1.82, 2.24) is 19.6 Å². The lowest BCUT2D eigenvalue weighted by Gasteiger charge is -2.09. The molecule has 0 fully saturated rings. The lowest BCUT2D eigenvalue weighted by molar-refractivity contribution is -0.274. The van der Waals surface area contributed by atoms with Crippen molar-refractivity contribution in [3.63, 3.8) is 0 Å². The molecule has 0 N–H and O–H groups in total. The van der Waals surface area contributed by atoms with Crippen molar-refractivity contribution < 1.29 is 31.1 Å². The summed E-state index contributed by atoms with van der Waals surface area (Å²) in [7, 11) is 0. The second-order valence-electron chi connectivity index (χ2n) is 4.59. The van der Waals surface area contributed by atoms with Crippen LogP contribution in [0.2, 0.25) is 0 Å². The van der Waals surface area contributed by atoms with Crippen molar-refractivity contribution in [3.05, 3.63) is 42.5 Å². The summed E-state index contributed by atoms with van der Waals surface area (Å²) in [4.78, 5) is 3.92. The van der Waals surface area contributed by atoms with Crippen LogP contribution in [0.25, 0.3) is 16.9 Å². The second-order valence-corrected chi connectivity index (χ2v) is 4.59. The SMILES string of the molecule is FC(F)(F)Oc1ccc(-c2cn3c(C(F)(F)F)nnc3cn2)cc1. The molecule has 0 spiro atoms. The van der Waals surface area contributed by atoms with Crippen molar-refractivity contribution in [3.8, 4) is 17.0 Å². The number of benzene rings is 1. The highest BCUT2D eigenvalue weighted by Gasteiger charge is 2.37. The number of aromatic nitrogens is 4. The Kier molecular flexibility index (Phi) is 3.57. The van der Waals surface area contributed by atoms with E-state index in [-0.39, 0.29) is 11.3 Å². The first kappa shape index (κ1) is 16.0. The Morgan fingerprint density at radius 2 is 1.58 bits per heavy atom. The van der Waals surface area contributed by atoms with E-state index in [0.29, 0.717) is 9.96 Å². The van der Waals surface area contributed by atoms with Gasteiger partial charge in [-0.3, -0.25) is 9.38 Å². The molecule has 0 saturated heterocycles. The highest BCUT2D eigenvalue weighted by Crippen LogP contribution is 2.29. The number of hydrogen-bond acceptors (Lipinski definition) is 4. The summed E-state index contributed by atoms with van der Waals surface area (Å²) in [6.45, 7) is 0. The van der Waals surface area contributed by atoms with Gasteiger partial charge in [-0.05, 0) is 24.3 Å². The third kappa shape index (κ3) is 3.24. The van der Waals surface area contributed by atoms with Gasteiger partial charge in [0.1, 0.15) is 5.75 Å². The normalized spacial score (nSPS) is 12.6. The lowest BCUT2D eigenvalue weighted by atomic mass is 10.1. The first-order valence-corrected chi connectivity index (χ1v) is 6.28. The Bertz CT molecular complexity index is 869. The summed E-state index contributed by atoms with van der Waals surface area (Å²) >= 11 is 0. The first-order valence-electron chi connectivity index (χ1n) is 6.28. The van der Waals surface area contributed by atoms with E-state index in [1.54, 1.807) is 0 Å². The molecule has 0 atom stereocenters. The summed E-state index contributed by atoms with van der Waals surface area (Å²) in [5.41, 5.74) is 0.294. The van der Waals surface area contributed by atoms with Gasteiger partial charge in [0, 0.05) is 11.8 Å². The predicted molar refractivity (Wildman–Crippen MR) is 67.9 cm³/mol. The van der Waals surface area contributed by atoms with Crippen LogP contribution in [0, 0.1) is 0 Å². The van der Waals surface area contributed by atoms with Gasteiger partial charge in [0.05, 0.1) is 11.9 Å². The van der Waals surface area contributed by atoms with E-state index in [9.17, 15) is 26.3 Å². The molecular formula is C13H6F6N4O. The molecular weight excluding hydrogens is 342 g/mol. The Morgan fingerprint density at radius 1 is 0.917 bits per heavy atom. The van der Waals surface area contributed by atoms with Crippen LogP contribution in [0.5, 0.6) is 5.75 Å². The van der Waals surface area contributed by atoms with E-state index >= 15 is 0 Å². The van der Waals surface area contributed by atoms with Crippen molar-refractivity contribution in [2.75, 3.05) is 0 Å². The molecule has 5 nitrogen and oxygen atoms in total. The monoisotopic (exact) mass is 348 g/mol. The number of alkyl halides is 6. The van der Waals surface area contributed by atoms with Crippen molar-refractivity contribution in [1.29, 1.82) is 0 Å². The molecule has 0 bridgehead atoms. The molecule has 0 aliphatic carbocycles. The lowest BCUT2D eigenvalue weighted by Crippen LogP contribution is -2.16. The summed E-state index contributed by atoms with van der Waals surface area (Å²) < 4.78 is 79.2. The van der Waals surface area contributed by atoms with Gasteiger partial charge >= 0.3 is 12.5 Å². The number of fused-ring (bicyclic) bond motifs is 1. The van der Waals surface area contributed by atoms with Crippen LogP contribution in [0.3, 0.4) is 0 Å². The molecule has 0 amide bonds. The second kappa shape index (κ2) is 5.35. The molecule has 3 rings (SSSR count). The fourth-order valence-corrected chi connectivity index (χ4v) is 1.97. The maximum atomic E-state index is 12.8. The molecule has 0 aliphatic rings. The van der Waals surface area contributed by atoms with Crippen LogP contribution in [0.4, 0.5) is 26.3 Å². The number of rotatable bonds is 2. The summed E-state index contributed by atoms with van der Waals surface area (Å²) in [6, 6.07) is 4.55. The average molecular weight is 348 g/mol. The Hall–Kier alpha value is -2.85. The van der Waals surface area contributed by atoms with E-state index in [4.69, 9.17) is 0 Å². The number of nitrogens with zero attached hydrogens (tertiary/aromatic N) is 4. The van der Waals surface area contributed by atoms with Gasteiger partial charge < -0.3 is 4.74 Å². The topological polar surface area (TPSA) is 52.3 Å². The van der Waals surface area contributed by atoms with E-state index in [1.165, 1.54) is 12.1 Å². The molecule has 1 aromatic carbocycles. The molecule has 2 aromatic heterocycles. The van der Waals surface area contributed by atoms with E-state index in [1.807, 2.05) is 0 Å². The van der Waals surface area contributed by atoms with Gasteiger partial charge in [0.2, 0.25) is 5.82 Å². The van der Waals surface area contributed by atoms with Gasteiger partial charge in [-0.2, -0.15) is 13.2 Å². The van der Waals surface area contributed by atoms with Crippen LogP contribution in [0.15, 0.2) is 36.7 Å². The van der Waals surface area contributed by atoms with Gasteiger partial charge in [-0.1, -0.05) is 0 Å². The highest BCUT2D eigenvalue weighted by molar-refractivity contribution is 5.60. The number of ether oxygens (including phenoxy) is 1. The molecule has 3 aromatic rings. The molecule has 0 saturated carbocycles. The van der Waals surface area contributed by atoms with Crippen LogP contribution >= 0.6 is 0 Å². The third-order valence-corrected chi connectivity index (χ3v) is 2.93. The van der Waals surface area contributed by atoms with E-state index < -0.39 is 24.1 Å². The van der Waals surface area contributed by atoms with Crippen LogP contribution in [-0.2, 0) is 6.18 Å². The Morgan fingerprint density at radius 3 is 2.17 bits per heavy atom. The summed E-state index contributed by atoms with van der Waals surface area (Å²) in [6.07, 6.45) is -7.40. The zero-order valence-electron chi connectivity index (χ0n) is 11.4. The van der Waals surface area contributed by atoms with Crippen molar-refractivity contribution in [2.24, 2.45) is 0 Å². The molecule has 2 heterocycles. The van der Waals surface area contributed by atoms with Gasteiger partial charge in [-0.15, -0.1) is 23.4 Å². The van der Waals surface area contributed by atoms with Crippen molar-refractivity contribution in [2.45, 2.75) is 12.5 Å². The minimum absolute atomic E-state index is 0.103. The van der Waals surface area contributed by atoms with Crippen molar-refractivity contribution >= 4 is 5.65 Å². The minimum atomic E-state index is -4.83. The van der Waals surface area contributed by atoms with E-state index in [2.05, 4.69) is 19.9 Å².